The van der Waals surface area contributed by atoms with Gasteiger partial charge in [0.2, 0.25) is 5.60 Å². The summed E-state index contributed by atoms with van der Waals surface area (Å²) in [5.41, 5.74) is 0.162. The van der Waals surface area contributed by atoms with E-state index in [-0.39, 0.29) is 41.0 Å². The molecular weight excluding hydrogens is 689 g/mol. The summed E-state index contributed by atoms with van der Waals surface area (Å²) >= 11 is 12.1. The predicted molar refractivity (Wildman–Crippen MR) is 185 cm³/mol. The molecule has 2 unspecified atom stereocenters. The first kappa shape index (κ1) is 37.9. The zero-order valence-electron chi connectivity index (χ0n) is 27.4. The third-order valence-corrected chi connectivity index (χ3v) is 8.53. The Morgan fingerprint density at radius 3 is 2.10 bits per heavy atom. The number of amides is 2. The molecule has 1 heterocycles. The number of aliphatic carboxylic acids is 1. The van der Waals surface area contributed by atoms with Crippen LogP contribution in [0.15, 0.2) is 84.0 Å². The number of rotatable bonds is 16. The number of ketones is 1. The molecule has 4 rings (SSSR count). The van der Waals surface area contributed by atoms with E-state index in [4.69, 9.17) is 37.5 Å². The molecule has 0 bridgehead atoms. The molecule has 14 heteroatoms. The van der Waals surface area contributed by atoms with Crippen LogP contribution in [0.4, 0.5) is 4.79 Å². The highest BCUT2D eigenvalue weighted by Crippen LogP contribution is 2.32. The minimum Gasteiger partial charge on any atom is -0.481 e. The van der Waals surface area contributed by atoms with Gasteiger partial charge in [-0.15, -0.1) is 0 Å². The molecule has 0 saturated carbocycles. The molecule has 0 spiro atoms. The Bertz CT molecular complexity index is 1700. The van der Waals surface area contributed by atoms with Crippen LogP contribution in [0.3, 0.4) is 0 Å². The van der Waals surface area contributed by atoms with Gasteiger partial charge in [-0.2, -0.15) is 0 Å². The fraction of sp³-hybridized carbons (Fsp3) is 0.333. The number of halogens is 2. The molecule has 0 aliphatic carbocycles. The Hall–Kier alpha value is -4.94. The molecule has 0 saturated heterocycles. The summed E-state index contributed by atoms with van der Waals surface area (Å²) < 4.78 is 10.5. The zero-order valence-corrected chi connectivity index (χ0v) is 28.9. The van der Waals surface area contributed by atoms with E-state index in [2.05, 4.69) is 15.8 Å². The Labute approximate surface area is 299 Å². The Balaban J connectivity index is 1.48. The van der Waals surface area contributed by atoms with Crippen molar-refractivity contribution in [2.45, 2.75) is 57.2 Å². The number of oxime groups is 1. The van der Waals surface area contributed by atoms with Crippen molar-refractivity contribution in [1.82, 2.24) is 10.6 Å². The number of Topliss-reactive ketones (excluding diaryl/α,β-unsaturated/α-hetero) is 1. The molecule has 0 fully saturated rings. The van der Waals surface area contributed by atoms with E-state index in [9.17, 15) is 29.1 Å². The number of benzene rings is 3. The van der Waals surface area contributed by atoms with Gasteiger partial charge in [0.25, 0.3) is 5.91 Å². The molecule has 0 aromatic heterocycles. The van der Waals surface area contributed by atoms with Crippen LogP contribution in [0, 0.1) is 5.92 Å². The fourth-order valence-electron chi connectivity index (χ4n) is 5.31. The lowest BCUT2D eigenvalue weighted by atomic mass is 9.84. The van der Waals surface area contributed by atoms with Crippen molar-refractivity contribution in [1.29, 1.82) is 0 Å². The van der Waals surface area contributed by atoms with Crippen molar-refractivity contribution in [3.05, 3.63) is 106 Å². The predicted octanol–water partition coefficient (Wildman–Crippen LogP) is 5.43. The maximum atomic E-state index is 14.0. The summed E-state index contributed by atoms with van der Waals surface area (Å²) in [4.78, 5) is 70.3. The van der Waals surface area contributed by atoms with Crippen molar-refractivity contribution in [2.24, 2.45) is 11.1 Å². The van der Waals surface area contributed by atoms with Crippen LogP contribution in [-0.4, -0.2) is 71.4 Å². The fourth-order valence-corrected chi connectivity index (χ4v) is 5.87. The number of carbonyl (C=O) groups is 5. The number of ether oxygens (including phenoxy) is 2. The second-order valence-corrected chi connectivity index (χ2v) is 12.8. The highest BCUT2D eigenvalue weighted by molar-refractivity contribution is 6.39. The molecule has 3 atom stereocenters. The summed E-state index contributed by atoms with van der Waals surface area (Å²) in [6, 6.07) is 20.5. The first-order valence-corrected chi connectivity index (χ1v) is 16.6. The van der Waals surface area contributed by atoms with E-state index in [0.717, 1.165) is 5.56 Å². The van der Waals surface area contributed by atoms with Gasteiger partial charge in [0.15, 0.2) is 12.4 Å². The largest absolute Gasteiger partial charge is 0.481 e. The van der Waals surface area contributed by atoms with E-state index in [1.807, 2.05) is 44.2 Å². The standard InChI is InChI=1S/C36H37Cl2N3O9/c1-22(2)32(40-35(47)48-17-16-23-10-5-3-6-11-23)28-20-36(50-41-28,19-24-12-7-4-8-13-24)34(46)39-27(18-30(43)44)29(42)21-49-33(45)31-25(37)14-9-15-26(31)38/h3-15,22,27,32H,16-21H2,1-2H3,(H,39,46)(H,40,47)(H,43,44)/t27-,32?,36?/m0/s1. The van der Waals surface area contributed by atoms with Crippen molar-refractivity contribution in [2.75, 3.05) is 13.2 Å². The number of esters is 1. The lowest BCUT2D eigenvalue weighted by Crippen LogP contribution is -2.55. The Morgan fingerprint density at radius 1 is 0.880 bits per heavy atom. The monoisotopic (exact) mass is 725 g/mol. The molecule has 2 amide bonds. The van der Waals surface area contributed by atoms with Crippen LogP contribution >= 0.6 is 23.2 Å². The van der Waals surface area contributed by atoms with Crippen LogP contribution in [0.25, 0.3) is 0 Å². The van der Waals surface area contributed by atoms with E-state index >= 15 is 0 Å². The molecule has 12 nitrogen and oxygen atoms in total. The summed E-state index contributed by atoms with van der Waals surface area (Å²) in [6.07, 6.45) is -1.07. The number of nitrogens with one attached hydrogen (secondary N) is 2. The van der Waals surface area contributed by atoms with Gasteiger partial charge >= 0.3 is 18.0 Å². The Morgan fingerprint density at radius 2 is 1.50 bits per heavy atom. The molecule has 1 aliphatic rings. The average molecular weight is 727 g/mol. The number of carboxylic acids is 1. The van der Waals surface area contributed by atoms with Crippen molar-refractivity contribution < 1.29 is 43.4 Å². The first-order valence-electron chi connectivity index (χ1n) is 15.8. The van der Waals surface area contributed by atoms with Gasteiger partial charge in [-0.3, -0.25) is 14.4 Å². The van der Waals surface area contributed by atoms with E-state index in [0.29, 0.717) is 17.7 Å². The molecular formula is C36H37Cl2N3O9. The van der Waals surface area contributed by atoms with Crippen molar-refractivity contribution >= 4 is 58.6 Å². The van der Waals surface area contributed by atoms with Gasteiger partial charge < -0.3 is 30.1 Å². The smallest absolute Gasteiger partial charge is 0.407 e. The maximum Gasteiger partial charge on any atom is 0.407 e. The van der Waals surface area contributed by atoms with Crippen molar-refractivity contribution in [3.8, 4) is 0 Å². The van der Waals surface area contributed by atoms with Crippen LogP contribution in [0.5, 0.6) is 0 Å². The highest BCUT2D eigenvalue weighted by atomic mass is 35.5. The maximum absolute atomic E-state index is 14.0. The van der Waals surface area contributed by atoms with Gasteiger partial charge in [0, 0.05) is 19.3 Å². The molecule has 50 heavy (non-hydrogen) atoms. The van der Waals surface area contributed by atoms with Crippen molar-refractivity contribution in [3.63, 3.8) is 0 Å². The van der Waals surface area contributed by atoms with Gasteiger partial charge in [0.05, 0.1) is 40.4 Å². The third-order valence-electron chi connectivity index (χ3n) is 7.90. The van der Waals surface area contributed by atoms with Gasteiger partial charge in [-0.25, -0.2) is 9.59 Å². The second kappa shape index (κ2) is 17.6. The quantitative estimate of drug-likeness (QED) is 0.163. The zero-order chi connectivity index (χ0) is 36.3. The second-order valence-electron chi connectivity index (χ2n) is 12.0. The van der Waals surface area contributed by atoms with Crippen LogP contribution in [0.2, 0.25) is 10.0 Å². The van der Waals surface area contributed by atoms with Crippen LogP contribution in [0.1, 0.15) is 48.2 Å². The van der Waals surface area contributed by atoms with E-state index in [1.54, 1.807) is 30.3 Å². The minimum atomic E-state index is -1.72. The molecule has 264 valence electrons. The van der Waals surface area contributed by atoms with Gasteiger partial charge in [-0.1, -0.05) is 109 Å². The first-order chi connectivity index (χ1) is 23.9. The minimum absolute atomic E-state index is 0.00276. The molecule has 0 radical (unpaired) electrons. The normalized spacial score (nSPS) is 16.4. The van der Waals surface area contributed by atoms with Crippen LogP contribution in [-0.2, 0) is 41.5 Å². The molecule has 1 aliphatic heterocycles. The van der Waals surface area contributed by atoms with Gasteiger partial charge in [-0.05, 0) is 29.2 Å². The number of hydrogen-bond donors (Lipinski definition) is 3. The summed E-state index contributed by atoms with van der Waals surface area (Å²) in [5.74, 6) is -4.31. The number of hydrogen-bond acceptors (Lipinski definition) is 9. The molecule has 3 N–H and O–H groups in total. The number of carbonyl (C=O) groups excluding carboxylic acids is 4. The van der Waals surface area contributed by atoms with E-state index in [1.165, 1.54) is 18.2 Å². The Kier molecular flexibility index (Phi) is 13.4. The summed E-state index contributed by atoms with van der Waals surface area (Å²) in [5, 5.41) is 19.1. The van der Waals surface area contributed by atoms with E-state index < -0.39 is 60.4 Å². The topological polar surface area (TPSA) is 170 Å². The number of nitrogens with zero attached hydrogens (tertiary/aromatic N) is 1. The third kappa shape index (κ3) is 10.3. The summed E-state index contributed by atoms with van der Waals surface area (Å²) in [6.45, 7) is 2.98. The number of alkyl carbamates (subject to hydrolysis) is 1. The number of carboxylic acid groups (broad SMARTS) is 1. The highest BCUT2D eigenvalue weighted by Gasteiger charge is 2.49. The summed E-state index contributed by atoms with van der Waals surface area (Å²) in [7, 11) is 0. The molecule has 3 aromatic carbocycles. The van der Waals surface area contributed by atoms with Crippen LogP contribution < -0.4 is 10.6 Å². The lowest BCUT2D eigenvalue weighted by molar-refractivity contribution is -0.148. The SMILES string of the molecule is CC(C)C(NC(=O)OCCc1ccccc1)C1=NOC(Cc2ccccc2)(C(=O)N[C@@H](CC(=O)O)C(=O)COC(=O)c2c(Cl)cccc2Cl)C1. The lowest BCUT2D eigenvalue weighted by Gasteiger charge is -2.29. The average Bonchev–Trinajstić information content (AvgIpc) is 3.51. The van der Waals surface area contributed by atoms with Gasteiger partial charge in [0.1, 0.15) is 6.04 Å². The molecule has 3 aromatic rings.